The molecule has 0 saturated carbocycles. The van der Waals surface area contributed by atoms with Gasteiger partial charge in [0.05, 0.1) is 25.7 Å². The van der Waals surface area contributed by atoms with Gasteiger partial charge in [-0.1, -0.05) is 26.7 Å². The van der Waals surface area contributed by atoms with E-state index in [9.17, 15) is 0 Å². The second kappa shape index (κ2) is 8.15. The molecule has 0 N–H and O–H groups in total. The van der Waals surface area contributed by atoms with Crippen LogP contribution in [0.5, 0.6) is 0 Å². The van der Waals surface area contributed by atoms with Gasteiger partial charge >= 0.3 is 0 Å². The zero-order valence-corrected chi connectivity index (χ0v) is 11.7. The number of hydrogen-bond acceptors (Lipinski definition) is 0. The predicted octanol–water partition coefficient (Wildman–Crippen LogP) is 4.22. The fourth-order valence-electron chi connectivity index (χ4n) is 2.62. The summed E-state index contributed by atoms with van der Waals surface area (Å²) in [7, 11) is 0. The minimum atomic E-state index is 0.835. The Kier molecular flexibility index (Phi) is 8.13. The van der Waals surface area contributed by atoms with Gasteiger partial charge in [0.1, 0.15) is 0 Å². The Morgan fingerprint density at radius 3 is 1.87 bits per heavy atom. The number of hydrogen-bond donors (Lipinski definition) is 0. The van der Waals surface area contributed by atoms with Crippen molar-refractivity contribution in [3.8, 4) is 0 Å². The summed E-state index contributed by atoms with van der Waals surface area (Å²) >= 11 is 0. The van der Waals surface area contributed by atoms with Gasteiger partial charge in [-0.15, -0.1) is 0 Å². The van der Waals surface area contributed by atoms with Gasteiger partial charge in [0.2, 0.25) is 0 Å². The van der Waals surface area contributed by atoms with E-state index in [1.165, 1.54) is 56.2 Å². The van der Waals surface area contributed by atoms with Crippen molar-refractivity contribution in [3.63, 3.8) is 0 Å². The average Bonchev–Trinajstić information content (AvgIpc) is 2.29. The highest BCUT2D eigenvalue weighted by molar-refractivity contribution is 4.52. The van der Waals surface area contributed by atoms with Crippen molar-refractivity contribution in [2.24, 2.45) is 0 Å². The molecule has 92 valence electrons. The van der Waals surface area contributed by atoms with Gasteiger partial charge < -0.3 is 4.48 Å². The van der Waals surface area contributed by atoms with Gasteiger partial charge in [-0.3, -0.25) is 0 Å². The van der Waals surface area contributed by atoms with Gasteiger partial charge in [-0.2, -0.15) is 0 Å². The van der Waals surface area contributed by atoms with Crippen LogP contribution in [0.2, 0.25) is 0 Å². The summed E-state index contributed by atoms with van der Waals surface area (Å²) < 4.78 is 1.33. The van der Waals surface area contributed by atoms with Crippen molar-refractivity contribution >= 4 is 0 Å². The van der Waals surface area contributed by atoms with E-state index in [0.717, 1.165) is 6.04 Å². The highest BCUT2D eigenvalue weighted by Crippen LogP contribution is 2.18. The lowest BCUT2D eigenvalue weighted by molar-refractivity contribution is -0.946. The molecule has 0 heterocycles. The van der Waals surface area contributed by atoms with Crippen molar-refractivity contribution < 1.29 is 4.48 Å². The molecule has 0 bridgehead atoms. The van der Waals surface area contributed by atoms with Gasteiger partial charge in [-0.05, 0) is 40.0 Å². The van der Waals surface area contributed by atoms with Crippen molar-refractivity contribution in [2.75, 3.05) is 19.6 Å². The summed E-state index contributed by atoms with van der Waals surface area (Å²) in [5.74, 6) is 0. The normalized spacial score (nSPS) is 14.2. The topological polar surface area (TPSA) is 0 Å². The first kappa shape index (κ1) is 15.0. The number of rotatable bonds is 9. The zero-order valence-electron chi connectivity index (χ0n) is 11.7. The highest BCUT2D eigenvalue weighted by atomic mass is 15.4. The second-order valence-corrected chi connectivity index (χ2v) is 4.89. The van der Waals surface area contributed by atoms with E-state index in [2.05, 4.69) is 34.6 Å². The van der Waals surface area contributed by atoms with Crippen LogP contribution in [0.4, 0.5) is 0 Å². The zero-order chi connectivity index (χ0) is 11.7. The van der Waals surface area contributed by atoms with Crippen molar-refractivity contribution in [1.29, 1.82) is 0 Å². The summed E-state index contributed by atoms with van der Waals surface area (Å²) in [5, 5.41) is 0. The number of unbranched alkanes of at least 4 members (excludes halogenated alkanes) is 3. The van der Waals surface area contributed by atoms with E-state index in [-0.39, 0.29) is 0 Å². The fourth-order valence-corrected chi connectivity index (χ4v) is 2.62. The average molecular weight is 214 g/mol. The maximum Gasteiger partial charge on any atom is 0.0858 e. The molecule has 0 aromatic rings. The molecule has 0 aliphatic heterocycles. The molecule has 0 spiro atoms. The summed E-state index contributed by atoms with van der Waals surface area (Å²) in [6.45, 7) is 15.8. The van der Waals surface area contributed by atoms with Crippen LogP contribution in [0.15, 0.2) is 0 Å². The Labute approximate surface area is 97.5 Å². The Bertz CT molecular complexity index is 138. The van der Waals surface area contributed by atoms with Gasteiger partial charge in [0.25, 0.3) is 0 Å². The Morgan fingerprint density at radius 2 is 1.47 bits per heavy atom. The largest absolute Gasteiger partial charge is 0.322 e. The third-order valence-electron chi connectivity index (χ3n) is 4.24. The van der Waals surface area contributed by atoms with Crippen LogP contribution in [0.1, 0.15) is 66.7 Å². The first-order valence-corrected chi connectivity index (χ1v) is 7.02. The number of nitrogens with zero attached hydrogens (tertiary/aromatic N) is 1. The van der Waals surface area contributed by atoms with Gasteiger partial charge in [-0.25, -0.2) is 0 Å². The molecule has 1 nitrogen and oxygen atoms in total. The lowest BCUT2D eigenvalue weighted by atomic mass is 10.1. The van der Waals surface area contributed by atoms with Gasteiger partial charge in [0, 0.05) is 0 Å². The van der Waals surface area contributed by atoms with E-state index in [4.69, 9.17) is 0 Å². The molecule has 15 heavy (non-hydrogen) atoms. The Hall–Kier alpha value is -0.0400. The first-order valence-electron chi connectivity index (χ1n) is 7.02. The van der Waals surface area contributed by atoms with Crippen molar-refractivity contribution in [3.05, 3.63) is 0 Å². The third-order valence-corrected chi connectivity index (χ3v) is 4.24. The SMILES string of the molecule is CCCCCC[N+](CC)(CC)C(C)CC. The molecule has 0 aliphatic rings. The van der Waals surface area contributed by atoms with Crippen LogP contribution in [-0.2, 0) is 0 Å². The second-order valence-electron chi connectivity index (χ2n) is 4.89. The summed E-state index contributed by atoms with van der Waals surface area (Å²) in [6.07, 6.45) is 6.91. The van der Waals surface area contributed by atoms with Gasteiger partial charge in [0.15, 0.2) is 0 Å². The summed E-state index contributed by atoms with van der Waals surface area (Å²) in [4.78, 5) is 0. The lowest BCUT2D eigenvalue weighted by Crippen LogP contribution is -2.54. The van der Waals surface area contributed by atoms with Crippen LogP contribution >= 0.6 is 0 Å². The van der Waals surface area contributed by atoms with Crippen LogP contribution in [-0.4, -0.2) is 30.2 Å². The van der Waals surface area contributed by atoms with E-state index in [1.54, 1.807) is 0 Å². The Balaban J connectivity index is 4.12. The van der Waals surface area contributed by atoms with Crippen LogP contribution in [0, 0.1) is 0 Å². The molecule has 0 aliphatic carbocycles. The molecular formula is C14H32N+. The fraction of sp³-hybridized carbons (Fsp3) is 1.00. The minimum absolute atomic E-state index is 0.835. The summed E-state index contributed by atoms with van der Waals surface area (Å²) in [5.41, 5.74) is 0. The van der Waals surface area contributed by atoms with Crippen LogP contribution < -0.4 is 0 Å². The van der Waals surface area contributed by atoms with E-state index in [1.807, 2.05) is 0 Å². The predicted molar refractivity (Wildman–Crippen MR) is 70.1 cm³/mol. The van der Waals surface area contributed by atoms with Crippen molar-refractivity contribution in [1.82, 2.24) is 0 Å². The number of quaternary nitrogens is 1. The Morgan fingerprint density at radius 1 is 0.867 bits per heavy atom. The highest BCUT2D eigenvalue weighted by Gasteiger charge is 2.28. The van der Waals surface area contributed by atoms with Crippen LogP contribution in [0.25, 0.3) is 0 Å². The lowest BCUT2D eigenvalue weighted by Gasteiger charge is -2.42. The molecule has 0 radical (unpaired) electrons. The maximum absolute atomic E-state index is 2.42. The molecule has 0 rings (SSSR count). The molecule has 1 heteroatoms. The molecule has 1 atom stereocenters. The van der Waals surface area contributed by atoms with Crippen LogP contribution in [0.3, 0.4) is 0 Å². The smallest absolute Gasteiger partial charge is 0.0858 e. The molecule has 0 saturated heterocycles. The molecule has 1 unspecified atom stereocenters. The molecular weight excluding hydrogens is 182 g/mol. The summed E-state index contributed by atoms with van der Waals surface area (Å²) in [6, 6.07) is 0.835. The molecule has 0 fully saturated rings. The standard InChI is InChI=1S/C14H32N/c1-6-10-11-12-13-15(8-3,9-4)14(5)7-2/h14H,6-13H2,1-5H3/q+1. The quantitative estimate of drug-likeness (QED) is 0.398. The third kappa shape index (κ3) is 4.55. The minimum Gasteiger partial charge on any atom is -0.322 e. The molecule has 0 amide bonds. The van der Waals surface area contributed by atoms with Crippen molar-refractivity contribution in [2.45, 2.75) is 72.8 Å². The maximum atomic E-state index is 2.42. The molecule has 0 aromatic heterocycles. The van der Waals surface area contributed by atoms with E-state index < -0.39 is 0 Å². The van der Waals surface area contributed by atoms with E-state index in [0.29, 0.717) is 0 Å². The first-order chi connectivity index (χ1) is 7.16. The molecule has 0 aromatic carbocycles. The monoisotopic (exact) mass is 214 g/mol. The van der Waals surface area contributed by atoms with E-state index >= 15 is 0 Å².